The molecule has 0 saturated carbocycles. The Morgan fingerprint density at radius 1 is 1.20 bits per heavy atom. The van der Waals surface area contributed by atoms with Crippen molar-refractivity contribution in [3.63, 3.8) is 0 Å². The van der Waals surface area contributed by atoms with Crippen LogP contribution in [0.25, 0.3) is 10.1 Å². The van der Waals surface area contributed by atoms with Crippen molar-refractivity contribution in [2.24, 2.45) is 0 Å². The molecule has 0 amide bonds. The standard InChI is InChI=1S/C15H14N2OS.ClH/c1-10-5-8-13-14(15(18)17-19-13)12(10)7-6-11-4-2-3-9-16-11;/h2-5,8-9H,6-7H2,1H3,(H,17,18);1H. The third-order valence-corrected chi connectivity index (χ3v) is 4.19. The van der Waals surface area contributed by atoms with E-state index in [4.69, 9.17) is 0 Å². The Morgan fingerprint density at radius 2 is 2.05 bits per heavy atom. The van der Waals surface area contributed by atoms with Crippen LogP contribution in [0.3, 0.4) is 0 Å². The van der Waals surface area contributed by atoms with Gasteiger partial charge >= 0.3 is 0 Å². The number of aryl methyl sites for hydroxylation is 3. The van der Waals surface area contributed by atoms with E-state index < -0.39 is 0 Å². The lowest BCUT2D eigenvalue weighted by molar-refractivity contribution is 0.913. The molecule has 0 aliphatic rings. The fourth-order valence-electron chi connectivity index (χ4n) is 2.34. The van der Waals surface area contributed by atoms with Crippen molar-refractivity contribution in [2.75, 3.05) is 0 Å². The molecular weight excluding hydrogens is 292 g/mol. The van der Waals surface area contributed by atoms with Gasteiger partial charge in [-0.25, -0.2) is 0 Å². The van der Waals surface area contributed by atoms with Crippen LogP contribution in [0, 0.1) is 6.92 Å². The first kappa shape index (κ1) is 14.8. The zero-order chi connectivity index (χ0) is 13.2. The second-order valence-electron chi connectivity index (χ2n) is 4.59. The first-order valence-corrected chi connectivity index (χ1v) is 7.07. The van der Waals surface area contributed by atoms with E-state index in [1.165, 1.54) is 17.1 Å². The molecule has 0 spiro atoms. The number of aromatic amines is 1. The number of rotatable bonds is 3. The molecule has 0 bridgehead atoms. The van der Waals surface area contributed by atoms with Crippen LogP contribution in [0.1, 0.15) is 16.8 Å². The van der Waals surface area contributed by atoms with Gasteiger partial charge in [0.15, 0.2) is 0 Å². The molecule has 0 aliphatic heterocycles. The summed E-state index contributed by atoms with van der Waals surface area (Å²) in [7, 11) is 0. The van der Waals surface area contributed by atoms with E-state index in [9.17, 15) is 4.79 Å². The molecule has 3 nitrogen and oxygen atoms in total. The number of benzene rings is 1. The molecule has 0 fully saturated rings. The lowest BCUT2D eigenvalue weighted by Gasteiger charge is -2.06. The topological polar surface area (TPSA) is 45.8 Å². The Bertz CT molecular complexity index is 764. The number of nitrogens with zero attached hydrogens (tertiary/aromatic N) is 1. The minimum atomic E-state index is 0. The SMILES string of the molecule is Cc1ccc2s[nH]c(=O)c2c1CCc1ccccn1.Cl. The molecule has 3 aromatic rings. The number of hydrogen-bond donors (Lipinski definition) is 1. The van der Waals surface area contributed by atoms with E-state index in [2.05, 4.69) is 22.3 Å². The normalized spacial score (nSPS) is 10.4. The molecule has 2 aromatic heterocycles. The smallest absolute Gasteiger partial charge is 0.266 e. The summed E-state index contributed by atoms with van der Waals surface area (Å²) in [6.07, 6.45) is 3.51. The van der Waals surface area contributed by atoms with Gasteiger partial charge in [0, 0.05) is 11.9 Å². The molecule has 5 heteroatoms. The predicted molar refractivity (Wildman–Crippen MR) is 86.1 cm³/mol. The summed E-state index contributed by atoms with van der Waals surface area (Å²) < 4.78 is 3.85. The molecule has 0 atom stereocenters. The summed E-state index contributed by atoms with van der Waals surface area (Å²) in [5, 5.41) is 0.848. The van der Waals surface area contributed by atoms with Crippen LogP contribution in [-0.4, -0.2) is 9.36 Å². The zero-order valence-electron chi connectivity index (χ0n) is 11.1. The number of hydrogen-bond acceptors (Lipinski definition) is 3. The molecule has 0 saturated heterocycles. The first-order valence-electron chi connectivity index (χ1n) is 6.25. The molecular formula is C15H15ClN2OS. The molecule has 1 aromatic carbocycles. The Hall–Kier alpha value is -1.65. The van der Waals surface area contributed by atoms with Gasteiger partial charge in [0.1, 0.15) is 0 Å². The summed E-state index contributed by atoms with van der Waals surface area (Å²) in [4.78, 5) is 16.2. The van der Waals surface area contributed by atoms with Crippen LogP contribution in [-0.2, 0) is 12.8 Å². The monoisotopic (exact) mass is 306 g/mol. The van der Waals surface area contributed by atoms with Gasteiger partial charge in [-0.1, -0.05) is 23.7 Å². The van der Waals surface area contributed by atoms with Crippen LogP contribution in [0.4, 0.5) is 0 Å². The Kier molecular flexibility index (Phi) is 4.57. The lowest BCUT2D eigenvalue weighted by atomic mass is 9.99. The third-order valence-electron chi connectivity index (χ3n) is 3.35. The fourth-order valence-corrected chi connectivity index (χ4v) is 3.10. The Labute approximate surface area is 127 Å². The average molecular weight is 307 g/mol. The first-order chi connectivity index (χ1) is 9.25. The van der Waals surface area contributed by atoms with Gasteiger partial charge < -0.3 is 0 Å². The van der Waals surface area contributed by atoms with Crippen molar-refractivity contribution in [1.82, 2.24) is 9.36 Å². The maximum Gasteiger partial charge on any atom is 0.266 e. The van der Waals surface area contributed by atoms with Crippen molar-refractivity contribution < 1.29 is 0 Å². The van der Waals surface area contributed by atoms with Crippen molar-refractivity contribution in [3.8, 4) is 0 Å². The van der Waals surface area contributed by atoms with E-state index in [0.717, 1.165) is 34.2 Å². The van der Waals surface area contributed by atoms with Gasteiger partial charge in [0.2, 0.25) is 0 Å². The molecule has 104 valence electrons. The largest absolute Gasteiger partial charge is 0.277 e. The Morgan fingerprint density at radius 3 is 2.80 bits per heavy atom. The van der Waals surface area contributed by atoms with Gasteiger partial charge in [-0.15, -0.1) is 12.4 Å². The Balaban J connectivity index is 0.00000147. The summed E-state index contributed by atoms with van der Waals surface area (Å²) >= 11 is 1.41. The van der Waals surface area contributed by atoms with Crippen LogP contribution in [0.2, 0.25) is 0 Å². The highest BCUT2D eigenvalue weighted by Gasteiger charge is 2.10. The molecule has 1 N–H and O–H groups in total. The van der Waals surface area contributed by atoms with Gasteiger partial charge in [0.05, 0.1) is 10.1 Å². The van der Waals surface area contributed by atoms with Crippen molar-refractivity contribution in [3.05, 3.63) is 63.7 Å². The van der Waals surface area contributed by atoms with Crippen LogP contribution in [0.15, 0.2) is 41.3 Å². The lowest BCUT2D eigenvalue weighted by Crippen LogP contribution is -2.04. The van der Waals surface area contributed by atoms with Crippen molar-refractivity contribution in [2.45, 2.75) is 19.8 Å². The number of H-pyrrole nitrogens is 1. The number of fused-ring (bicyclic) bond motifs is 1. The van der Waals surface area contributed by atoms with E-state index in [1.54, 1.807) is 6.20 Å². The number of halogens is 1. The second-order valence-corrected chi connectivity index (χ2v) is 5.44. The van der Waals surface area contributed by atoms with E-state index in [0.29, 0.717) is 0 Å². The molecule has 0 aliphatic carbocycles. The van der Waals surface area contributed by atoms with E-state index in [-0.39, 0.29) is 18.0 Å². The second kappa shape index (κ2) is 6.20. The maximum atomic E-state index is 11.9. The average Bonchev–Trinajstić information content (AvgIpc) is 2.81. The van der Waals surface area contributed by atoms with E-state index in [1.807, 2.05) is 24.3 Å². The molecule has 0 unspecified atom stereocenters. The zero-order valence-corrected chi connectivity index (χ0v) is 12.7. The van der Waals surface area contributed by atoms with Gasteiger partial charge in [-0.2, -0.15) is 0 Å². The summed E-state index contributed by atoms with van der Waals surface area (Å²) in [5.74, 6) is 0. The van der Waals surface area contributed by atoms with Crippen LogP contribution >= 0.6 is 23.9 Å². The summed E-state index contributed by atoms with van der Waals surface area (Å²) in [5.41, 5.74) is 3.41. The number of aromatic nitrogens is 2. The minimum absolute atomic E-state index is 0. The molecule has 3 rings (SSSR count). The number of nitrogens with one attached hydrogen (secondary N) is 1. The number of pyridine rings is 1. The highest BCUT2D eigenvalue weighted by Crippen LogP contribution is 2.23. The fraction of sp³-hybridized carbons (Fsp3) is 0.200. The summed E-state index contributed by atoms with van der Waals surface area (Å²) in [6.45, 7) is 2.06. The maximum absolute atomic E-state index is 11.9. The predicted octanol–water partition coefficient (Wildman–Crippen LogP) is 3.50. The van der Waals surface area contributed by atoms with Gasteiger partial charge in [0.25, 0.3) is 5.56 Å². The van der Waals surface area contributed by atoms with Gasteiger partial charge in [-0.3, -0.25) is 14.2 Å². The molecule has 0 radical (unpaired) electrons. The van der Waals surface area contributed by atoms with Crippen LogP contribution < -0.4 is 5.56 Å². The molecule has 2 heterocycles. The highest BCUT2D eigenvalue weighted by molar-refractivity contribution is 7.13. The minimum Gasteiger partial charge on any atom is -0.277 e. The van der Waals surface area contributed by atoms with Crippen molar-refractivity contribution in [1.29, 1.82) is 0 Å². The van der Waals surface area contributed by atoms with Crippen molar-refractivity contribution >= 4 is 34.0 Å². The molecule has 20 heavy (non-hydrogen) atoms. The quantitative estimate of drug-likeness (QED) is 0.805. The highest BCUT2D eigenvalue weighted by atomic mass is 35.5. The van der Waals surface area contributed by atoms with Crippen LogP contribution in [0.5, 0.6) is 0 Å². The van der Waals surface area contributed by atoms with E-state index >= 15 is 0 Å². The third kappa shape index (κ3) is 2.76. The summed E-state index contributed by atoms with van der Waals surface area (Å²) in [6, 6.07) is 10.0. The van der Waals surface area contributed by atoms with Gasteiger partial charge in [-0.05, 0) is 49.1 Å².